The molecule has 2 aromatic heterocycles. The normalized spacial score (nSPS) is 13.1. The summed E-state index contributed by atoms with van der Waals surface area (Å²) in [6.45, 7) is 8.54. The Hall–Kier alpha value is -2.56. The lowest BCUT2D eigenvalue weighted by molar-refractivity contribution is 0.174. The number of hydrogen-bond donors (Lipinski definition) is 0. The molecule has 0 radical (unpaired) electrons. The molecule has 4 rings (SSSR count). The second-order valence-electron chi connectivity index (χ2n) is 5.66. The molecule has 5 nitrogen and oxygen atoms in total. The van der Waals surface area contributed by atoms with Crippen molar-refractivity contribution in [1.82, 2.24) is 14.8 Å². The Morgan fingerprint density at radius 1 is 0.864 bits per heavy atom. The van der Waals surface area contributed by atoms with Crippen molar-refractivity contribution in [1.29, 1.82) is 0 Å². The van der Waals surface area contributed by atoms with Crippen LogP contribution in [0.15, 0.2) is 18.2 Å². The van der Waals surface area contributed by atoms with E-state index in [0.29, 0.717) is 0 Å². The van der Waals surface area contributed by atoms with E-state index < -0.39 is 0 Å². The van der Waals surface area contributed by atoms with Crippen LogP contribution in [0.4, 0.5) is 0 Å². The van der Waals surface area contributed by atoms with Crippen molar-refractivity contribution in [3.63, 3.8) is 0 Å². The van der Waals surface area contributed by atoms with E-state index in [1.165, 1.54) is 22.2 Å². The first kappa shape index (κ1) is 13.1. The molecule has 1 aliphatic rings. The van der Waals surface area contributed by atoms with Crippen LogP contribution in [0.3, 0.4) is 0 Å². The molecule has 3 aromatic rings. The van der Waals surface area contributed by atoms with Crippen LogP contribution in [0.25, 0.3) is 16.5 Å². The maximum Gasteiger partial charge on any atom is 0.231 e. The number of rotatable bonds is 1. The zero-order chi connectivity index (χ0) is 15.4. The summed E-state index contributed by atoms with van der Waals surface area (Å²) >= 11 is 0. The van der Waals surface area contributed by atoms with Crippen molar-refractivity contribution in [2.75, 3.05) is 6.79 Å². The fraction of sp³-hybridized carbons (Fsp3) is 0.294. The van der Waals surface area contributed by atoms with Crippen molar-refractivity contribution < 1.29 is 9.47 Å². The quantitative estimate of drug-likeness (QED) is 0.690. The summed E-state index contributed by atoms with van der Waals surface area (Å²) in [4.78, 5) is 0. The maximum absolute atomic E-state index is 5.50. The first-order chi connectivity index (χ1) is 10.6. The average molecular weight is 295 g/mol. The van der Waals surface area contributed by atoms with Gasteiger partial charge in [-0.3, -0.25) is 0 Å². The highest BCUT2D eigenvalue weighted by Gasteiger charge is 2.20. The van der Waals surface area contributed by atoms with Gasteiger partial charge in [0, 0.05) is 33.9 Å². The Balaban J connectivity index is 2.04. The minimum Gasteiger partial charge on any atom is -0.454 e. The van der Waals surface area contributed by atoms with Crippen LogP contribution in [0.1, 0.15) is 22.8 Å². The van der Waals surface area contributed by atoms with Crippen LogP contribution in [0.5, 0.6) is 11.5 Å². The van der Waals surface area contributed by atoms with Gasteiger partial charge in [-0.15, -0.1) is 0 Å². The molecule has 1 aliphatic heterocycles. The Morgan fingerprint density at radius 3 is 2.09 bits per heavy atom. The molecule has 112 valence electrons. The van der Waals surface area contributed by atoms with Crippen molar-refractivity contribution >= 4 is 10.8 Å². The lowest BCUT2D eigenvalue weighted by Gasteiger charge is -2.10. The van der Waals surface area contributed by atoms with Crippen LogP contribution in [0.2, 0.25) is 0 Å². The molecule has 0 amide bonds. The topological polar surface area (TPSA) is 49.2 Å². The summed E-state index contributed by atoms with van der Waals surface area (Å²) in [5.41, 5.74) is 5.32. The van der Waals surface area contributed by atoms with Gasteiger partial charge in [0.15, 0.2) is 11.5 Å². The number of benzene rings is 1. The molecular weight excluding hydrogens is 278 g/mol. The lowest BCUT2D eigenvalue weighted by Crippen LogP contribution is -1.98. The summed E-state index contributed by atoms with van der Waals surface area (Å²) in [7, 11) is 0. The van der Waals surface area contributed by atoms with E-state index in [1.54, 1.807) is 0 Å². The molecular formula is C17H17N3O2. The highest BCUT2D eigenvalue weighted by atomic mass is 16.7. The van der Waals surface area contributed by atoms with Crippen LogP contribution in [0, 0.1) is 27.7 Å². The number of aryl methyl sites for hydroxylation is 4. The van der Waals surface area contributed by atoms with E-state index in [1.807, 2.05) is 26.0 Å². The third-order valence-electron chi connectivity index (χ3n) is 4.33. The minimum absolute atomic E-state index is 0.288. The maximum atomic E-state index is 5.50. The van der Waals surface area contributed by atoms with Gasteiger partial charge in [0.1, 0.15) is 0 Å². The summed E-state index contributed by atoms with van der Waals surface area (Å²) < 4.78 is 13.1. The van der Waals surface area contributed by atoms with Crippen LogP contribution < -0.4 is 9.47 Å². The molecule has 0 spiro atoms. The molecule has 22 heavy (non-hydrogen) atoms. The summed E-state index contributed by atoms with van der Waals surface area (Å²) in [6.07, 6.45) is 0. The molecule has 5 heteroatoms. The molecule has 0 saturated carbocycles. The Morgan fingerprint density at radius 2 is 1.45 bits per heavy atom. The first-order valence-electron chi connectivity index (χ1n) is 7.29. The number of fused-ring (bicyclic) bond motifs is 2. The molecule has 0 aliphatic carbocycles. The standard InChI is InChI=1S/C17H17N3O2/c1-9-16-11(3)20(12(4)17(16)10(2)19-18-9)13-5-6-14-15(7-13)22-8-21-14/h5-7H,8H2,1-4H3. The smallest absolute Gasteiger partial charge is 0.231 e. The van der Waals surface area contributed by atoms with Gasteiger partial charge in [-0.25, -0.2) is 0 Å². The monoisotopic (exact) mass is 295 g/mol. The average Bonchev–Trinajstić information content (AvgIpc) is 3.06. The lowest BCUT2D eigenvalue weighted by atomic mass is 10.1. The van der Waals surface area contributed by atoms with Crippen molar-refractivity contribution in [3.05, 3.63) is 41.0 Å². The van der Waals surface area contributed by atoms with E-state index >= 15 is 0 Å². The van der Waals surface area contributed by atoms with Gasteiger partial charge in [-0.1, -0.05) is 0 Å². The highest BCUT2D eigenvalue weighted by molar-refractivity contribution is 5.92. The molecule has 1 aromatic carbocycles. The Bertz CT molecular complexity index is 867. The van der Waals surface area contributed by atoms with Gasteiger partial charge < -0.3 is 14.0 Å². The zero-order valence-corrected chi connectivity index (χ0v) is 13.1. The highest BCUT2D eigenvalue weighted by Crippen LogP contribution is 2.37. The summed E-state index contributed by atoms with van der Waals surface area (Å²) in [5.74, 6) is 1.59. The zero-order valence-electron chi connectivity index (χ0n) is 13.1. The molecule has 0 saturated heterocycles. The Kier molecular flexibility index (Phi) is 2.66. The van der Waals surface area contributed by atoms with Gasteiger partial charge in [-0.2, -0.15) is 10.2 Å². The second-order valence-corrected chi connectivity index (χ2v) is 5.66. The summed E-state index contributed by atoms with van der Waals surface area (Å²) in [6, 6.07) is 6.03. The van der Waals surface area contributed by atoms with Crippen molar-refractivity contribution in [3.8, 4) is 17.2 Å². The molecule has 0 bridgehead atoms. The number of ether oxygens (including phenoxy) is 2. The SMILES string of the molecule is Cc1nnc(C)c2c(C)n(-c3ccc4c(c3)OCO4)c(C)c12. The van der Waals surface area contributed by atoms with Crippen molar-refractivity contribution in [2.24, 2.45) is 0 Å². The van der Waals surface area contributed by atoms with Crippen molar-refractivity contribution in [2.45, 2.75) is 27.7 Å². The molecule has 0 N–H and O–H groups in total. The number of nitrogens with zero attached hydrogens (tertiary/aromatic N) is 3. The number of aromatic nitrogens is 3. The van der Waals surface area contributed by atoms with Gasteiger partial charge in [-0.05, 0) is 39.8 Å². The molecule has 0 fully saturated rings. The minimum atomic E-state index is 0.288. The third-order valence-corrected chi connectivity index (χ3v) is 4.33. The summed E-state index contributed by atoms with van der Waals surface area (Å²) in [5, 5.41) is 10.9. The Labute approximate surface area is 128 Å². The van der Waals surface area contributed by atoms with E-state index in [0.717, 1.165) is 28.6 Å². The largest absolute Gasteiger partial charge is 0.454 e. The van der Waals surface area contributed by atoms with E-state index in [-0.39, 0.29) is 6.79 Å². The predicted octanol–water partition coefficient (Wildman–Crippen LogP) is 3.38. The third kappa shape index (κ3) is 1.65. The molecule has 0 unspecified atom stereocenters. The van der Waals surface area contributed by atoms with Crippen LogP contribution in [-0.2, 0) is 0 Å². The van der Waals surface area contributed by atoms with Gasteiger partial charge in [0.25, 0.3) is 0 Å². The second kappa shape index (κ2) is 4.47. The molecule has 0 atom stereocenters. The fourth-order valence-electron chi connectivity index (χ4n) is 3.38. The van der Waals surface area contributed by atoms with E-state index in [9.17, 15) is 0 Å². The molecule has 3 heterocycles. The van der Waals surface area contributed by atoms with E-state index in [2.05, 4.69) is 34.7 Å². The van der Waals surface area contributed by atoms with Gasteiger partial charge in [0.2, 0.25) is 6.79 Å². The van der Waals surface area contributed by atoms with E-state index in [4.69, 9.17) is 9.47 Å². The van der Waals surface area contributed by atoms with Gasteiger partial charge >= 0.3 is 0 Å². The van der Waals surface area contributed by atoms with Crippen LogP contribution >= 0.6 is 0 Å². The first-order valence-corrected chi connectivity index (χ1v) is 7.29. The number of hydrogen-bond acceptors (Lipinski definition) is 4. The van der Waals surface area contributed by atoms with Gasteiger partial charge in [0.05, 0.1) is 11.4 Å². The van der Waals surface area contributed by atoms with Crippen LogP contribution in [-0.4, -0.2) is 21.6 Å². The predicted molar refractivity (Wildman–Crippen MR) is 83.9 cm³/mol. The fourth-order valence-corrected chi connectivity index (χ4v) is 3.38.